The van der Waals surface area contributed by atoms with Gasteiger partial charge in [-0.3, -0.25) is 9.59 Å². The summed E-state index contributed by atoms with van der Waals surface area (Å²) in [6, 6.07) is 9.73. The maximum absolute atomic E-state index is 12.9. The fraction of sp³-hybridized carbons (Fsp3) is 0.476. The number of hydrogen-bond donors (Lipinski definition) is 0. The van der Waals surface area contributed by atoms with Crippen molar-refractivity contribution in [3.8, 4) is 0 Å². The third kappa shape index (κ3) is 4.59. The minimum atomic E-state index is -0.500. The van der Waals surface area contributed by atoms with Crippen LogP contribution in [0.1, 0.15) is 38.7 Å². The maximum atomic E-state index is 12.9. The predicted molar refractivity (Wildman–Crippen MR) is 97.4 cm³/mol. The molecule has 0 aliphatic heterocycles. The summed E-state index contributed by atoms with van der Waals surface area (Å²) in [6.07, 6.45) is 3.12. The molecule has 0 spiro atoms. The van der Waals surface area contributed by atoms with E-state index >= 15 is 0 Å². The Morgan fingerprint density at radius 1 is 1.08 bits per heavy atom. The molecule has 4 atom stereocenters. The Bertz CT molecular complexity index is 664. The van der Waals surface area contributed by atoms with Crippen LogP contribution < -0.4 is 0 Å². The first-order chi connectivity index (χ1) is 12.5. The first-order valence-electron chi connectivity index (χ1n) is 9.08. The zero-order valence-electron chi connectivity index (χ0n) is 15.5. The lowest BCUT2D eigenvalue weighted by molar-refractivity contribution is -0.146. The fourth-order valence-corrected chi connectivity index (χ4v) is 3.74. The van der Waals surface area contributed by atoms with Gasteiger partial charge in [0.1, 0.15) is 5.78 Å². The zero-order valence-corrected chi connectivity index (χ0v) is 15.5. The van der Waals surface area contributed by atoms with Gasteiger partial charge in [-0.25, -0.2) is 4.79 Å². The van der Waals surface area contributed by atoms with Gasteiger partial charge < -0.3 is 9.47 Å². The lowest BCUT2D eigenvalue weighted by Crippen LogP contribution is -2.21. The molecule has 140 valence electrons. The highest BCUT2D eigenvalue weighted by Crippen LogP contribution is 2.47. The van der Waals surface area contributed by atoms with E-state index in [0.29, 0.717) is 0 Å². The molecule has 2 rings (SSSR count). The van der Waals surface area contributed by atoms with Crippen LogP contribution in [-0.2, 0) is 23.9 Å². The van der Waals surface area contributed by atoms with E-state index in [1.807, 2.05) is 37.3 Å². The van der Waals surface area contributed by atoms with Gasteiger partial charge in [0.2, 0.25) is 0 Å². The van der Waals surface area contributed by atoms with Gasteiger partial charge in [0.05, 0.1) is 19.6 Å². The predicted octanol–water partition coefficient (Wildman–Crippen LogP) is 3.29. The monoisotopic (exact) mass is 358 g/mol. The third-order valence-corrected chi connectivity index (χ3v) is 4.85. The molecule has 0 heterocycles. The Morgan fingerprint density at radius 3 is 2.35 bits per heavy atom. The minimum absolute atomic E-state index is 0.0260. The standard InChI is InChI=1S/C21H26O5/c1-4-25-18(22)12-11-16-17(13-19(23)26-5-2)21(24)14(3)20(16)15-9-7-6-8-10-15/h6-12,14,16-17,20H,4-5,13H2,1-3H3/b12-11+/t14-,16-,17-,20+/m0/s1. The lowest BCUT2D eigenvalue weighted by Gasteiger charge is -2.22. The van der Waals surface area contributed by atoms with E-state index in [1.165, 1.54) is 6.08 Å². The Labute approximate surface area is 154 Å². The van der Waals surface area contributed by atoms with Gasteiger partial charge in [-0.15, -0.1) is 0 Å². The van der Waals surface area contributed by atoms with Crippen molar-refractivity contribution in [2.24, 2.45) is 17.8 Å². The van der Waals surface area contributed by atoms with E-state index in [2.05, 4.69) is 0 Å². The molecule has 0 saturated heterocycles. The summed E-state index contributed by atoms with van der Waals surface area (Å²) in [7, 11) is 0. The molecule has 0 radical (unpaired) electrons. The summed E-state index contributed by atoms with van der Waals surface area (Å²) >= 11 is 0. The quantitative estimate of drug-likeness (QED) is 0.552. The Hall–Kier alpha value is -2.43. The molecule has 0 N–H and O–H groups in total. The number of ether oxygens (including phenoxy) is 2. The van der Waals surface area contributed by atoms with Crippen LogP contribution in [0.3, 0.4) is 0 Å². The summed E-state index contributed by atoms with van der Waals surface area (Å²) < 4.78 is 9.98. The van der Waals surface area contributed by atoms with Crippen LogP contribution in [0.25, 0.3) is 0 Å². The number of carbonyl (C=O) groups is 3. The van der Waals surface area contributed by atoms with Crippen molar-refractivity contribution in [2.45, 2.75) is 33.1 Å². The average molecular weight is 358 g/mol. The average Bonchev–Trinajstić information content (AvgIpc) is 2.85. The Balaban J connectivity index is 2.34. The lowest BCUT2D eigenvalue weighted by atomic mass is 9.81. The van der Waals surface area contributed by atoms with E-state index in [0.717, 1.165) is 5.56 Å². The smallest absolute Gasteiger partial charge is 0.330 e. The van der Waals surface area contributed by atoms with Crippen LogP contribution in [0, 0.1) is 17.8 Å². The number of esters is 2. The van der Waals surface area contributed by atoms with E-state index in [4.69, 9.17) is 9.47 Å². The highest BCUT2D eigenvalue weighted by molar-refractivity contribution is 5.91. The molecule has 5 nitrogen and oxygen atoms in total. The van der Waals surface area contributed by atoms with Gasteiger partial charge in [-0.2, -0.15) is 0 Å². The fourth-order valence-electron chi connectivity index (χ4n) is 3.74. The second kappa shape index (κ2) is 9.32. The largest absolute Gasteiger partial charge is 0.466 e. The SMILES string of the molecule is CCOC(=O)/C=C/[C@@H]1[C@@H](c2ccccc2)[C@H](C)C(=O)[C@H]1CC(=O)OCC. The number of hydrogen-bond acceptors (Lipinski definition) is 5. The van der Waals surface area contributed by atoms with Gasteiger partial charge in [-0.05, 0) is 25.3 Å². The van der Waals surface area contributed by atoms with E-state index < -0.39 is 11.9 Å². The number of benzene rings is 1. The van der Waals surface area contributed by atoms with Gasteiger partial charge in [0, 0.05) is 23.8 Å². The molecule has 1 aromatic carbocycles. The number of rotatable bonds is 7. The molecule has 0 amide bonds. The van der Waals surface area contributed by atoms with Crippen molar-refractivity contribution in [3.63, 3.8) is 0 Å². The molecule has 1 aliphatic rings. The van der Waals surface area contributed by atoms with Crippen molar-refractivity contribution in [1.82, 2.24) is 0 Å². The van der Waals surface area contributed by atoms with Gasteiger partial charge >= 0.3 is 11.9 Å². The first kappa shape index (κ1) is 19.9. The summed E-state index contributed by atoms with van der Waals surface area (Å²) in [5.41, 5.74) is 1.03. The summed E-state index contributed by atoms with van der Waals surface area (Å²) in [5, 5.41) is 0. The van der Waals surface area contributed by atoms with Gasteiger partial charge in [-0.1, -0.05) is 43.3 Å². The van der Waals surface area contributed by atoms with Gasteiger partial charge in [0.15, 0.2) is 0 Å². The molecule has 1 saturated carbocycles. The molecule has 1 aromatic rings. The minimum Gasteiger partial charge on any atom is -0.466 e. The highest BCUT2D eigenvalue weighted by Gasteiger charge is 2.47. The summed E-state index contributed by atoms with van der Waals surface area (Å²) in [5.74, 6) is -1.89. The summed E-state index contributed by atoms with van der Waals surface area (Å²) in [4.78, 5) is 36.6. The van der Waals surface area contributed by atoms with Crippen molar-refractivity contribution in [3.05, 3.63) is 48.0 Å². The van der Waals surface area contributed by atoms with Crippen molar-refractivity contribution in [1.29, 1.82) is 0 Å². The molecule has 0 unspecified atom stereocenters. The van der Waals surface area contributed by atoms with Crippen LogP contribution in [0.15, 0.2) is 42.5 Å². The van der Waals surface area contributed by atoms with E-state index in [9.17, 15) is 14.4 Å². The molecular formula is C21H26O5. The molecule has 0 aromatic heterocycles. The van der Waals surface area contributed by atoms with Crippen LogP contribution in [0.5, 0.6) is 0 Å². The van der Waals surface area contributed by atoms with Crippen molar-refractivity contribution >= 4 is 17.7 Å². The number of Topliss-reactive ketones (excluding diaryl/α,β-unsaturated/α-hetero) is 1. The molecule has 0 bridgehead atoms. The Kier molecular flexibility index (Phi) is 7.13. The molecule has 1 fully saturated rings. The van der Waals surface area contributed by atoms with Crippen LogP contribution in [-0.4, -0.2) is 30.9 Å². The van der Waals surface area contributed by atoms with Crippen LogP contribution in [0.4, 0.5) is 0 Å². The second-order valence-corrected chi connectivity index (χ2v) is 6.43. The highest BCUT2D eigenvalue weighted by atomic mass is 16.5. The normalized spacial score (nSPS) is 25.4. The molecule has 1 aliphatic carbocycles. The van der Waals surface area contributed by atoms with E-state index in [1.54, 1.807) is 19.9 Å². The number of carbonyl (C=O) groups excluding carboxylic acids is 3. The van der Waals surface area contributed by atoms with Crippen LogP contribution >= 0.6 is 0 Å². The van der Waals surface area contributed by atoms with Crippen molar-refractivity contribution < 1.29 is 23.9 Å². The third-order valence-electron chi connectivity index (χ3n) is 4.85. The Morgan fingerprint density at radius 2 is 1.73 bits per heavy atom. The van der Waals surface area contributed by atoms with E-state index in [-0.39, 0.29) is 49.1 Å². The molecule has 26 heavy (non-hydrogen) atoms. The van der Waals surface area contributed by atoms with Crippen molar-refractivity contribution in [2.75, 3.05) is 13.2 Å². The summed E-state index contributed by atoms with van der Waals surface area (Å²) in [6.45, 7) is 5.93. The second-order valence-electron chi connectivity index (χ2n) is 6.43. The topological polar surface area (TPSA) is 69.7 Å². The number of allylic oxidation sites excluding steroid dienone is 1. The molecule has 5 heteroatoms. The first-order valence-corrected chi connectivity index (χ1v) is 9.08. The maximum Gasteiger partial charge on any atom is 0.330 e. The zero-order chi connectivity index (χ0) is 19.1. The molecular weight excluding hydrogens is 332 g/mol. The number of ketones is 1. The van der Waals surface area contributed by atoms with Crippen LogP contribution in [0.2, 0.25) is 0 Å². The van der Waals surface area contributed by atoms with Gasteiger partial charge in [0.25, 0.3) is 0 Å².